The van der Waals surface area contributed by atoms with Crippen LogP contribution in [-0.2, 0) is 11.2 Å². The summed E-state index contributed by atoms with van der Waals surface area (Å²) in [5, 5.41) is -0.282. The average Bonchev–Trinajstić information content (AvgIpc) is 3.10. The minimum absolute atomic E-state index is 0.282. The predicted molar refractivity (Wildman–Crippen MR) is 96.9 cm³/mol. The van der Waals surface area contributed by atoms with Crippen LogP contribution in [-0.4, -0.2) is 11.1 Å². The van der Waals surface area contributed by atoms with Crippen molar-refractivity contribution in [3.05, 3.63) is 58.4 Å². The number of aryl methyl sites for hydroxylation is 2. The van der Waals surface area contributed by atoms with Crippen molar-refractivity contribution >= 4 is 34.7 Å². The van der Waals surface area contributed by atoms with Gasteiger partial charge in [0.2, 0.25) is 0 Å². The van der Waals surface area contributed by atoms with E-state index in [2.05, 4.69) is 6.92 Å². The Morgan fingerprint density at radius 1 is 1.12 bits per heavy atom. The summed E-state index contributed by atoms with van der Waals surface area (Å²) >= 11 is 0.937. The highest BCUT2D eigenvalue weighted by Gasteiger charge is 2.36. The Hall–Kier alpha value is -2.27. The van der Waals surface area contributed by atoms with Crippen LogP contribution in [0.2, 0.25) is 0 Å². The van der Waals surface area contributed by atoms with Gasteiger partial charge in [-0.25, -0.2) is 4.90 Å². The fourth-order valence-electron chi connectivity index (χ4n) is 2.54. The van der Waals surface area contributed by atoms with Crippen molar-refractivity contribution in [2.75, 3.05) is 4.90 Å². The number of thioether (sulfide) groups is 1. The Morgan fingerprint density at radius 2 is 1.88 bits per heavy atom. The standard InChI is InChI=1S/C19H19NO3S/c1-3-4-5-14-7-9-15(10-8-14)20-18(21)17(24-19(20)22)12-16-11-6-13(2)23-16/h6-12H,3-5H2,1-2H3/b17-12+. The van der Waals surface area contributed by atoms with Crippen LogP contribution in [0.25, 0.3) is 6.08 Å². The van der Waals surface area contributed by atoms with Crippen LogP contribution in [0.15, 0.2) is 45.7 Å². The predicted octanol–water partition coefficient (Wildman–Crippen LogP) is 5.17. The summed E-state index contributed by atoms with van der Waals surface area (Å²) in [5.74, 6) is 1.04. The largest absolute Gasteiger partial charge is 0.462 e. The van der Waals surface area contributed by atoms with Gasteiger partial charge in [-0.2, -0.15) is 0 Å². The van der Waals surface area contributed by atoms with Crippen molar-refractivity contribution in [1.82, 2.24) is 0 Å². The fourth-order valence-corrected chi connectivity index (χ4v) is 3.36. The maximum Gasteiger partial charge on any atom is 0.298 e. The summed E-state index contributed by atoms with van der Waals surface area (Å²) in [5.41, 5.74) is 1.82. The molecule has 1 aromatic carbocycles. The molecular weight excluding hydrogens is 322 g/mol. The molecule has 24 heavy (non-hydrogen) atoms. The van der Waals surface area contributed by atoms with E-state index in [0.29, 0.717) is 16.4 Å². The zero-order valence-corrected chi connectivity index (χ0v) is 14.6. The van der Waals surface area contributed by atoms with Crippen molar-refractivity contribution in [1.29, 1.82) is 0 Å². The second kappa shape index (κ2) is 7.09. The lowest BCUT2D eigenvalue weighted by Gasteiger charge is -2.13. The van der Waals surface area contributed by atoms with E-state index < -0.39 is 0 Å². The van der Waals surface area contributed by atoms with Crippen LogP contribution in [0.1, 0.15) is 36.8 Å². The number of anilines is 1. The molecule has 0 spiro atoms. The molecule has 4 nitrogen and oxygen atoms in total. The summed E-state index contributed by atoms with van der Waals surface area (Å²) in [6.07, 6.45) is 4.90. The van der Waals surface area contributed by atoms with Crippen LogP contribution in [0.4, 0.5) is 10.5 Å². The number of benzene rings is 1. The minimum atomic E-state index is -0.305. The molecule has 0 bridgehead atoms. The van der Waals surface area contributed by atoms with Crippen molar-refractivity contribution in [3.8, 4) is 0 Å². The van der Waals surface area contributed by atoms with Crippen molar-refractivity contribution in [2.45, 2.75) is 33.1 Å². The molecule has 2 aromatic rings. The molecule has 1 fully saturated rings. The molecule has 0 unspecified atom stereocenters. The molecule has 2 heterocycles. The van der Waals surface area contributed by atoms with E-state index in [-0.39, 0.29) is 11.1 Å². The van der Waals surface area contributed by atoms with Crippen LogP contribution < -0.4 is 4.90 Å². The first-order chi connectivity index (χ1) is 11.6. The molecule has 1 saturated heterocycles. The first-order valence-electron chi connectivity index (χ1n) is 8.02. The molecule has 0 radical (unpaired) electrons. The highest BCUT2D eigenvalue weighted by Crippen LogP contribution is 2.36. The zero-order chi connectivity index (χ0) is 17.1. The van der Waals surface area contributed by atoms with Gasteiger partial charge in [-0.3, -0.25) is 9.59 Å². The maximum atomic E-state index is 12.6. The van der Waals surface area contributed by atoms with Gasteiger partial charge in [0.15, 0.2) is 0 Å². The Bertz CT molecular complexity index is 789. The van der Waals surface area contributed by atoms with Gasteiger partial charge in [0, 0.05) is 6.08 Å². The van der Waals surface area contributed by atoms with Gasteiger partial charge in [0.1, 0.15) is 11.5 Å². The fraction of sp³-hybridized carbons (Fsp3) is 0.263. The SMILES string of the molecule is CCCCc1ccc(N2C(=O)S/C(=C/c3ccc(C)o3)C2=O)cc1. The van der Waals surface area contributed by atoms with Gasteiger partial charge >= 0.3 is 0 Å². The van der Waals surface area contributed by atoms with Crippen molar-refractivity contribution in [2.24, 2.45) is 0 Å². The third kappa shape index (κ3) is 3.46. The van der Waals surface area contributed by atoms with E-state index in [1.165, 1.54) is 10.5 Å². The van der Waals surface area contributed by atoms with Crippen LogP contribution in [0, 0.1) is 6.92 Å². The van der Waals surface area contributed by atoms with E-state index in [9.17, 15) is 9.59 Å². The topological polar surface area (TPSA) is 50.5 Å². The summed E-state index contributed by atoms with van der Waals surface area (Å²) in [7, 11) is 0. The number of carbonyl (C=O) groups excluding carboxylic acids is 2. The highest BCUT2D eigenvalue weighted by atomic mass is 32.2. The molecule has 0 atom stereocenters. The number of amides is 2. The quantitative estimate of drug-likeness (QED) is 0.704. The van der Waals surface area contributed by atoms with Gasteiger partial charge in [0.05, 0.1) is 10.6 Å². The second-order valence-electron chi connectivity index (χ2n) is 5.74. The lowest BCUT2D eigenvalue weighted by molar-refractivity contribution is -0.113. The second-order valence-corrected chi connectivity index (χ2v) is 6.73. The summed E-state index contributed by atoms with van der Waals surface area (Å²) < 4.78 is 5.45. The monoisotopic (exact) mass is 341 g/mol. The van der Waals surface area contributed by atoms with E-state index in [4.69, 9.17) is 4.42 Å². The number of unbranched alkanes of at least 4 members (excludes halogenated alkanes) is 1. The number of furan rings is 1. The van der Waals surface area contributed by atoms with Gasteiger partial charge in [-0.05, 0) is 61.4 Å². The van der Waals surface area contributed by atoms with Crippen LogP contribution in [0.3, 0.4) is 0 Å². The summed E-state index contributed by atoms with van der Waals surface area (Å²) in [4.78, 5) is 26.4. The Kier molecular flexibility index (Phi) is 4.90. The average molecular weight is 341 g/mol. The van der Waals surface area contributed by atoms with Crippen LogP contribution >= 0.6 is 11.8 Å². The van der Waals surface area contributed by atoms with E-state index in [1.807, 2.05) is 37.3 Å². The molecule has 124 valence electrons. The zero-order valence-electron chi connectivity index (χ0n) is 13.7. The number of hydrogen-bond donors (Lipinski definition) is 0. The maximum absolute atomic E-state index is 12.6. The minimum Gasteiger partial charge on any atom is -0.462 e. The van der Waals surface area contributed by atoms with Crippen molar-refractivity contribution in [3.63, 3.8) is 0 Å². The third-order valence-electron chi connectivity index (χ3n) is 3.84. The molecular formula is C19H19NO3S. The van der Waals surface area contributed by atoms with E-state index in [1.54, 1.807) is 12.1 Å². The summed E-state index contributed by atoms with van der Waals surface area (Å²) in [6.45, 7) is 3.99. The molecule has 5 heteroatoms. The molecule has 0 aliphatic carbocycles. The molecule has 1 aromatic heterocycles. The summed E-state index contributed by atoms with van der Waals surface area (Å²) in [6, 6.07) is 11.2. The Labute approximate surface area is 145 Å². The van der Waals surface area contributed by atoms with Gasteiger partial charge in [-0.15, -0.1) is 0 Å². The normalized spacial score (nSPS) is 16.4. The molecule has 3 rings (SSSR count). The van der Waals surface area contributed by atoms with E-state index in [0.717, 1.165) is 36.8 Å². The molecule has 0 saturated carbocycles. The number of carbonyl (C=O) groups is 2. The Balaban J connectivity index is 1.80. The number of imide groups is 1. The van der Waals surface area contributed by atoms with Gasteiger partial charge in [0.25, 0.3) is 11.1 Å². The molecule has 1 aliphatic heterocycles. The lowest BCUT2D eigenvalue weighted by atomic mass is 10.1. The molecule has 1 aliphatic rings. The number of hydrogen-bond acceptors (Lipinski definition) is 4. The lowest BCUT2D eigenvalue weighted by Crippen LogP contribution is -2.27. The first-order valence-corrected chi connectivity index (χ1v) is 8.83. The third-order valence-corrected chi connectivity index (χ3v) is 4.71. The smallest absolute Gasteiger partial charge is 0.298 e. The van der Waals surface area contributed by atoms with Gasteiger partial charge in [-0.1, -0.05) is 25.5 Å². The first kappa shape index (κ1) is 16.6. The number of rotatable bonds is 5. The molecule has 0 N–H and O–H groups in total. The van der Waals surface area contributed by atoms with Crippen molar-refractivity contribution < 1.29 is 14.0 Å². The molecule has 2 amide bonds. The van der Waals surface area contributed by atoms with Crippen LogP contribution in [0.5, 0.6) is 0 Å². The number of nitrogens with zero attached hydrogens (tertiary/aromatic N) is 1. The van der Waals surface area contributed by atoms with Gasteiger partial charge < -0.3 is 4.42 Å². The highest BCUT2D eigenvalue weighted by molar-refractivity contribution is 8.19. The Morgan fingerprint density at radius 3 is 2.50 bits per heavy atom. The van der Waals surface area contributed by atoms with E-state index >= 15 is 0 Å².